The van der Waals surface area contributed by atoms with Gasteiger partial charge in [-0.1, -0.05) is 42.5 Å². The Kier molecular flexibility index (Phi) is 7.38. The summed E-state index contributed by atoms with van der Waals surface area (Å²) in [4.78, 5) is 26.7. The highest BCUT2D eigenvalue weighted by molar-refractivity contribution is 5.85. The van der Waals surface area contributed by atoms with E-state index in [4.69, 9.17) is 14.7 Å². The molecule has 0 aromatic heterocycles. The van der Waals surface area contributed by atoms with E-state index in [1.54, 1.807) is 53.4 Å². The van der Waals surface area contributed by atoms with Crippen molar-refractivity contribution in [3.05, 3.63) is 65.7 Å². The lowest BCUT2D eigenvalue weighted by molar-refractivity contribution is -0.162. The van der Waals surface area contributed by atoms with Gasteiger partial charge in [-0.3, -0.25) is 4.79 Å². The lowest BCUT2D eigenvalue weighted by Gasteiger charge is -2.25. The van der Waals surface area contributed by atoms with Crippen molar-refractivity contribution < 1.29 is 19.1 Å². The Morgan fingerprint density at radius 1 is 1.04 bits per heavy atom. The Labute approximate surface area is 158 Å². The van der Waals surface area contributed by atoms with Crippen LogP contribution in [0.25, 0.3) is 0 Å². The summed E-state index contributed by atoms with van der Waals surface area (Å²) in [5.74, 6) is -0.669. The van der Waals surface area contributed by atoms with Crippen LogP contribution in [0, 0.1) is 11.3 Å². The molecule has 0 aliphatic rings. The molecule has 0 aliphatic heterocycles. The summed E-state index contributed by atoms with van der Waals surface area (Å²) in [6.07, 6.45) is -1.03. The minimum Gasteiger partial charge on any atom is -0.481 e. The van der Waals surface area contributed by atoms with Crippen LogP contribution in [0.3, 0.4) is 0 Å². The molecule has 0 spiro atoms. The van der Waals surface area contributed by atoms with Crippen molar-refractivity contribution in [1.82, 2.24) is 4.90 Å². The third-order valence-electron chi connectivity index (χ3n) is 4.00. The van der Waals surface area contributed by atoms with Crippen LogP contribution in [-0.2, 0) is 14.3 Å². The minimum absolute atomic E-state index is 0.281. The molecule has 27 heavy (non-hydrogen) atoms. The number of para-hydroxylation sites is 1. The monoisotopic (exact) mass is 366 g/mol. The molecule has 2 aromatic carbocycles. The van der Waals surface area contributed by atoms with E-state index in [1.165, 1.54) is 0 Å². The van der Waals surface area contributed by atoms with Crippen LogP contribution in [-0.4, -0.2) is 36.5 Å². The second kappa shape index (κ2) is 9.97. The number of ether oxygens (including phenoxy) is 2. The molecule has 2 aromatic rings. The fourth-order valence-electron chi connectivity index (χ4n) is 2.58. The van der Waals surface area contributed by atoms with Crippen LogP contribution in [0.5, 0.6) is 5.75 Å². The van der Waals surface area contributed by atoms with Crippen molar-refractivity contribution in [2.75, 3.05) is 19.7 Å². The molecule has 0 bridgehead atoms. The van der Waals surface area contributed by atoms with Gasteiger partial charge in [0.2, 0.25) is 6.10 Å². The van der Waals surface area contributed by atoms with Gasteiger partial charge in [-0.25, -0.2) is 4.79 Å². The van der Waals surface area contributed by atoms with Crippen molar-refractivity contribution in [2.45, 2.75) is 20.0 Å². The summed E-state index contributed by atoms with van der Waals surface area (Å²) in [5.41, 5.74) is 0.921. The van der Waals surface area contributed by atoms with Crippen molar-refractivity contribution >= 4 is 11.9 Å². The molecule has 0 N–H and O–H groups in total. The Morgan fingerprint density at radius 2 is 1.67 bits per heavy atom. The van der Waals surface area contributed by atoms with E-state index in [0.29, 0.717) is 30.0 Å². The molecule has 0 radical (unpaired) electrons. The zero-order valence-electron chi connectivity index (χ0n) is 15.4. The number of nitriles is 1. The highest BCUT2D eigenvalue weighted by Gasteiger charge is 2.28. The highest BCUT2D eigenvalue weighted by Crippen LogP contribution is 2.21. The molecule has 140 valence electrons. The molecular weight excluding hydrogens is 344 g/mol. The highest BCUT2D eigenvalue weighted by atomic mass is 16.6. The van der Waals surface area contributed by atoms with E-state index in [9.17, 15) is 9.59 Å². The number of carbonyl (C=O) groups is 2. The van der Waals surface area contributed by atoms with Crippen LogP contribution in [0.4, 0.5) is 0 Å². The largest absolute Gasteiger partial charge is 0.481 e. The lowest BCUT2D eigenvalue weighted by Crippen LogP contribution is -2.37. The molecule has 0 saturated heterocycles. The summed E-state index contributed by atoms with van der Waals surface area (Å²) in [7, 11) is 0. The standard InChI is InChI=1S/C21H22N2O4/c1-3-23(4-2)21(25)20(16-10-6-5-7-11-16)27-19(24)15-26-18-13-9-8-12-17(18)14-22/h5-13,20H,3-4,15H2,1-2H3/t20-/m0/s1. The van der Waals surface area contributed by atoms with Crippen molar-refractivity contribution in [2.24, 2.45) is 0 Å². The van der Waals surface area contributed by atoms with Gasteiger partial charge < -0.3 is 14.4 Å². The molecule has 0 saturated carbocycles. The first-order valence-electron chi connectivity index (χ1n) is 8.75. The number of hydrogen-bond acceptors (Lipinski definition) is 5. The Hall–Kier alpha value is -3.33. The zero-order valence-corrected chi connectivity index (χ0v) is 15.4. The van der Waals surface area contributed by atoms with Crippen LogP contribution < -0.4 is 4.74 Å². The van der Waals surface area contributed by atoms with Crippen LogP contribution in [0.1, 0.15) is 31.1 Å². The van der Waals surface area contributed by atoms with Crippen LogP contribution >= 0.6 is 0 Å². The van der Waals surface area contributed by atoms with Crippen molar-refractivity contribution in [3.8, 4) is 11.8 Å². The van der Waals surface area contributed by atoms with Gasteiger partial charge in [0.25, 0.3) is 5.91 Å². The van der Waals surface area contributed by atoms with Gasteiger partial charge in [0, 0.05) is 18.7 Å². The quantitative estimate of drug-likeness (QED) is 0.671. The molecule has 0 aliphatic carbocycles. The fourth-order valence-corrected chi connectivity index (χ4v) is 2.58. The predicted molar refractivity (Wildman–Crippen MR) is 99.9 cm³/mol. The molecule has 1 atom stereocenters. The van der Waals surface area contributed by atoms with Gasteiger partial charge in [0.15, 0.2) is 6.61 Å². The maximum Gasteiger partial charge on any atom is 0.345 e. The van der Waals surface area contributed by atoms with Gasteiger partial charge in [-0.05, 0) is 26.0 Å². The molecule has 1 amide bonds. The zero-order chi connectivity index (χ0) is 19.6. The molecule has 6 nitrogen and oxygen atoms in total. The average Bonchev–Trinajstić information content (AvgIpc) is 2.72. The van der Waals surface area contributed by atoms with Gasteiger partial charge >= 0.3 is 5.97 Å². The van der Waals surface area contributed by atoms with Gasteiger partial charge in [0.1, 0.15) is 11.8 Å². The normalized spacial score (nSPS) is 11.1. The van der Waals surface area contributed by atoms with Crippen molar-refractivity contribution in [3.63, 3.8) is 0 Å². The van der Waals surface area contributed by atoms with E-state index in [-0.39, 0.29) is 5.91 Å². The first-order chi connectivity index (χ1) is 13.1. The summed E-state index contributed by atoms with van der Waals surface area (Å²) >= 11 is 0. The number of likely N-dealkylation sites (N-methyl/N-ethyl adjacent to an activating group) is 1. The van der Waals surface area contributed by atoms with Crippen LogP contribution in [0.15, 0.2) is 54.6 Å². The maximum absolute atomic E-state index is 12.8. The molecule has 2 rings (SSSR count). The molecule has 6 heteroatoms. The number of benzene rings is 2. The molecule has 0 heterocycles. The smallest absolute Gasteiger partial charge is 0.345 e. The number of rotatable bonds is 8. The van der Waals surface area contributed by atoms with E-state index in [2.05, 4.69) is 0 Å². The minimum atomic E-state index is -1.03. The second-order valence-corrected chi connectivity index (χ2v) is 5.69. The van der Waals surface area contributed by atoms with E-state index >= 15 is 0 Å². The number of hydrogen-bond donors (Lipinski definition) is 0. The van der Waals surface area contributed by atoms with Gasteiger partial charge in [0.05, 0.1) is 5.56 Å². The van der Waals surface area contributed by atoms with E-state index in [1.807, 2.05) is 26.0 Å². The van der Waals surface area contributed by atoms with E-state index in [0.717, 1.165) is 0 Å². The first-order valence-corrected chi connectivity index (χ1v) is 8.75. The first kappa shape index (κ1) is 20.0. The SMILES string of the molecule is CCN(CC)C(=O)[C@@H](OC(=O)COc1ccccc1C#N)c1ccccc1. The van der Waals surface area contributed by atoms with Gasteiger partial charge in [-0.2, -0.15) is 5.26 Å². The summed E-state index contributed by atoms with van der Waals surface area (Å²) in [6.45, 7) is 4.37. The van der Waals surface area contributed by atoms with E-state index < -0.39 is 18.7 Å². The topological polar surface area (TPSA) is 79.6 Å². The Balaban J connectivity index is 2.11. The third-order valence-corrected chi connectivity index (χ3v) is 4.00. The van der Waals surface area contributed by atoms with Gasteiger partial charge in [-0.15, -0.1) is 0 Å². The third kappa shape index (κ3) is 5.32. The Bertz CT molecular complexity index is 810. The van der Waals surface area contributed by atoms with Crippen LogP contribution in [0.2, 0.25) is 0 Å². The lowest BCUT2D eigenvalue weighted by atomic mass is 10.1. The number of nitrogens with zero attached hydrogens (tertiary/aromatic N) is 2. The number of carbonyl (C=O) groups excluding carboxylic acids is 2. The molecular formula is C21H22N2O4. The molecule has 0 fully saturated rings. The second-order valence-electron chi connectivity index (χ2n) is 5.69. The predicted octanol–water partition coefficient (Wildman–Crippen LogP) is 3.09. The summed E-state index contributed by atoms with van der Waals surface area (Å²) in [5, 5.41) is 9.07. The Morgan fingerprint density at radius 3 is 2.30 bits per heavy atom. The van der Waals surface area contributed by atoms with Crippen molar-refractivity contribution in [1.29, 1.82) is 5.26 Å². The summed E-state index contributed by atoms with van der Waals surface area (Å²) < 4.78 is 10.8. The molecule has 0 unspecified atom stereocenters. The number of esters is 1. The fraction of sp³-hybridized carbons (Fsp3) is 0.286. The maximum atomic E-state index is 12.8. The average molecular weight is 366 g/mol. The number of amides is 1. The summed E-state index contributed by atoms with van der Waals surface area (Å²) in [6, 6.07) is 17.5.